The lowest BCUT2D eigenvalue weighted by Crippen LogP contribution is -2.26. The molecule has 2 heterocycles. The van der Waals surface area contributed by atoms with Gasteiger partial charge in [-0.3, -0.25) is 14.3 Å². The van der Waals surface area contributed by atoms with E-state index in [4.69, 9.17) is 16.3 Å². The highest BCUT2D eigenvalue weighted by Gasteiger charge is 2.20. The van der Waals surface area contributed by atoms with Crippen LogP contribution in [0.2, 0.25) is 5.02 Å². The molecule has 0 spiro atoms. The largest absolute Gasteiger partial charge is 0.462 e. The van der Waals surface area contributed by atoms with Gasteiger partial charge in [0, 0.05) is 17.6 Å². The number of rotatable bonds is 5. The van der Waals surface area contributed by atoms with Gasteiger partial charge in [0.1, 0.15) is 17.6 Å². The van der Waals surface area contributed by atoms with Crippen LogP contribution in [0.25, 0.3) is 6.20 Å². The minimum Gasteiger partial charge on any atom is -0.462 e. The summed E-state index contributed by atoms with van der Waals surface area (Å²) in [6.07, 6.45) is 8.37. The molecule has 0 unspecified atom stereocenters. The predicted molar refractivity (Wildman–Crippen MR) is 112 cm³/mol. The van der Waals surface area contributed by atoms with E-state index in [1.54, 1.807) is 10.9 Å². The van der Waals surface area contributed by atoms with Crippen LogP contribution in [0, 0.1) is 5.82 Å². The number of thioether (sulfide) groups is 1. The first-order valence-electron chi connectivity index (χ1n) is 9.36. The summed E-state index contributed by atoms with van der Waals surface area (Å²) in [6, 6.07) is 2.69. The Labute approximate surface area is 179 Å². The normalized spacial score (nSPS) is 17.0. The summed E-state index contributed by atoms with van der Waals surface area (Å²) in [5, 5.41) is 0.211. The van der Waals surface area contributed by atoms with Gasteiger partial charge < -0.3 is 4.74 Å². The Bertz CT molecular complexity index is 1080. The van der Waals surface area contributed by atoms with Gasteiger partial charge in [0.25, 0.3) is 0 Å². The smallest absolute Gasteiger partial charge is 0.329 e. The summed E-state index contributed by atoms with van der Waals surface area (Å²) >= 11 is 8.30. The maximum absolute atomic E-state index is 14.4. The van der Waals surface area contributed by atoms with Gasteiger partial charge in [-0.2, -0.15) is 0 Å². The SMILES string of the molecule is O=C(CSc1cc(N=c2sc(=O)n3n2CCC=C3)c(F)cc1Cl)OC1CCCC1. The van der Waals surface area contributed by atoms with Crippen molar-refractivity contribution >= 4 is 52.6 Å². The molecule has 1 aliphatic carbocycles. The number of hydrogen-bond acceptors (Lipinski definition) is 6. The fourth-order valence-corrected chi connectivity index (χ4v) is 5.23. The summed E-state index contributed by atoms with van der Waals surface area (Å²) in [6.45, 7) is 0.595. The lowest BCUT2D eigenvalue weighted by molar-refractivity contribution is -0.145. The minimum atomic E-state index is -0.584. The number of ether oxygens (including phenoxy) is 1. The molecule has 1 aromatic heterocycles. The molecular weight excluding hydrogens is 437 g/mol. The van der Waals surface area contributed by atoms with Crippen LogP contribution in [-0.2, 0) is 16.1 Å². The van der Waals surface area contributed by atoms with Gasteiger partial charge in [-0.15, -0.1) is 11.8 Å². The van der Waals surface area contributed by atoms with E-state index in [1.165, 1.54) is 28.6 Å². The van der Waals surface area contributed by atoms with Gasteiger partial charge in [0.05, 0.1) is 10.8 Å². The van der Waals surface area contributed by atoms with Crippen LogP contribution in [0.4, 0.5) is 10.1 Å². The predicted octanol–water partition coefficient (Wildman–Crippen LogP) is 4.19. The zero-order valence-electron chi connectivity index (χ0n) is 15.5. The number of allylic oxidation sites excluding steroid dienone is 1. The Morgan fingerprint density at radius 2 is 2.17 bits per heavy atom. The van der Waals surface area contributed by atoms with Gasteiger partial charge in [-0.05, 0) is 55.6 Å². The summed E-state index contributed by atoms with van der Waals surface area (Å²) in [5.74, 6) is -0.794. The molecule has 1 aromatic carbocycles. The van der Waals surface area contributed by atoms with Crippen molar-refractivity contribution in [1.29, 1.82) is 0 Å². The first-order chi connectivity index (χ1) is 14.0. The average molecular weight is 456 g/mol. The second-order valence-corrected chi connectivity index (χ2v) is 9.17. The highest BCUT2D eigenvalue weighted by atomic mass is 35.5. The number of carbonyl (C=O) groups excluding carboxylic acids is 1. The van der Waals surface area contributed by atoms with Gasteiger partial charge in [-0.25, -0.2) is 14.1 Å². The number of hydrogen-bond donors (Lipinski definition) is 0. The minimum absolute atomic E-state index is 0.00668. The van der Waals surface area contributed by atoms with Crippen LogP contribution in [0.3, 0.4) is 0 Å². The molecule has 1 fully saturated rings. The molecule has 2 aliphatic rings. The van der Waals surface area contributed by atoms with Gasteiger partial charge in [0.2, 0.25) is 4.80 Å². The lowest BCUT2D eigenvalue weighted by atomic mass is 10.3. The third-order valence-corrected chi connectivity index (χ3v) is 7.06. The molecule has 0 amide bonds. The molecule has 0 radical (unpaired) electrons. The van der Waals surface area contributed by atoms with Crippen molar-refractivity contribution in [2.75, 3.05) is 5.75 Å². The van der Waals surface area contributed by atoms with Crippen LogP contribution < -0.4 is 9.67 Å². The van der Waals surface area contributed by atoms with Crippen LogP contribution in [-0.4, -0.2) is 27.2 Å². The van der Waals surface area contributed by atoms with Crippen LogP contribution in [0.5, 0.6) is 0 Å². The number of carbonyl (C=O) groups is 1. The van der Waals surface area contributed by atoms with Gasteiger partial charge >= 0.3 is 10.8 Å². The summed E-state index contributed by atoms with van der Waals surface area (Å²) in [7, 11) is 0. The van der Waals surface area contributed by atoms with Crippen molar-refractivity contribution < 1.29 is 13.9 Å². The summed E-state index contributed by atoms with van der Waals surface area (Å²) in [4.78, 5) is 29.3. The van der Waals surface area contributed by atoms with Crippen molar-refractivity contribution in [3.05, 3.63) is 43.5 Å². The molecule has 29 heavy (non-hydrogen) atoms. The fourth-order valence-electron chi connectivity index (χ4n) is 3.35. The Hall–Kier alpha value is -1.84. The Kier molecular flexibility index (Phi) is 6.26. The van der Waals surface area contributed by atoms with Crippen molar-refractivity contribution in [2.24, 2.45) is 4.99 Å². The molecule has 0 N–H and O–H groups in total. The second-order valence-electron chi connectivity index (χ2n) is 6.82. The first kappa shape index (κ1) is 20.4. The topological polar surface area (TPSA) is 65.6 Å². The van der Waals surface area contributed by atoms with Crippen LogP contribution in [0.1, 0.15) is 32.1 Å². The van der Waals surface area contributed by atoms with E-state index in [9.17, 15) is 14.0 Å². The molecule has 0 saturated heterocycles. The molecule has 4 rings (SSSR count). The van der Waals surface area contributed by atoms with E-state index < -0.39 is 5.82 Å². The Balaban J connectivity index is 1.55. The van der Waals surface area contributed by atoms with E-state index >= 15 is 0 Å². The zero-order valence-corrected chi connectivity index (χ0v) is 17.9. The number of aromatic nitrogens is 2. The van der Waals surface area contributed by atoms with E-state index in [-0.39, 0.29) is 33.4 Å². The quantitative estimate of drug-likeness (QED) is 0.501. The third kappa shape index (κ3) is 4.67. The first-order valence-corrected chi connectivity index (χ1v) is 11.5. The number of nitrogens with zero attached hydrogens (tertiary/aromatic N) is 3. The summed E-state index contributed by atoms with van der Waals surface area (Å²) < 4.78 is 23.1. The lowest BCUT2D eigenvalue weighted by Gasteiger charge is -2.12. The molecule has 10 heteroatoms. The molecule has 1 saturated carbocycles. The van der Waals surface area contributed by atoms with E-state index in [1.807, 2.05) is 6.08 Å². The van der Waals surface area contributed by atoms with E-state index in [0.717, 1.165) is 43.4 Å². The average Bonchev–Trinajstić information content (AvgIpc) is 3.31. The van der Waals surface area contributed by atoms with Crippen molar-refractivity contribution in [3.63, 3.8) is 0 Å². The number of benzene rings is 1. The highest BCUT2D eigenvalue weighted by molar-refractivity contribution is 8.00. The number of halogens is 2. The van der Waals surface area contributed by atoms with Gasteiger partial charge in [-0.1, -0.05) is 17.7 Å². The maximum Gasteiger partial charge on any atom is 0.329 e. The van der Waals surface area contributed by atoms with Crippen molar-refractivity contribution in [3.8, 4) is 0 Å². The Morgan fingerprint density at radius 1 is 1.38 bits per heavy atom. The fraction of sp³-hybridized carbons (Fsp3) is 0.421. The third-order valence-electron chi connectivity index (χ3n) is 4.76. The Morgan fingerprint density at radius 3 is 2.97 bits per heavy atom. The standard InChI is InChI=1S/C19H19ClFN3O3S2/c20-13-9-14(21)15(22-18-23-7-3-4-8-24(23)19(26)29-18)10-16(13)28-11-17(25)27-12-5-1-2-6-12/h4,8-10,12H,1-3,5-7,11H2. The van der Waals surface area contributed by atoms with Crippen LogP contribution in [0.15, 0.2) is 32.9 Å². The van der Waals surface area contributed by atoms with Crippen molar-refractivity contribution in [1.82, 2.24) is 9.36 Å². The summed E-state index contributed by atoms with van der Waals surface area (Å²) in [5.41, 5.74) is 0.0766. The molecule has 154 valence electrons. The van der Waals surface area contributed by atoms with Crippen molar-refractivity contribution in [2.45, 2.75) is 49.6 Å². The second kappa shape index (κ2) is 8.89. The number of fused-ring (bicyclic) bond motifs is 1. The zero-order chi connectivity index (χ0) is 20.4. The molecule has 0 bridgehead atoms. The highest BCUT2D eigenvalue weighted by Crippen LogP contribution is 2.33. The van der Waals surface area contributed by atoms with Gasteiger partial charge in [0.15, 0.2) is 0 Å². The van der Waals surface area contributed by atoms with E-state index in [2.05, 4.69) is 4.99 Å². The molecule has 2 aromatic rings. The molecule has 0 atom stereocenters. The number of esters is 1. The van der Waals surface area contributed by atoms with E-state index in [0.29, 0.717) is 16.2 Å². The van der Waals surface area contributed by atoms with Crippen LogP contribution >= 0.6 is 34.7 Å². The molecule has 6 nitrogen and oxygen atoms in total. The maximum atomic E-state index is 14.4. The molecular formula is C19H19ClFN3O3S2. The molecule has 1 aliphatic heterocycles. The monoisotopic (exact) mass is 455 g/mol.